The molecule has 2 saturated heterocycles. The van der Waals surface area contributed by atoms with Crippen LogP contribution in [-0.2, 0) is 11.2 Å². The van der Waals surface area contributed by atoms with Crippen molar-refractivity contribution in [3.63, 3.8) is 0 Å². The molecule has 2 aliphatic rings. The second-order valence-electron chi connectivity index (χ2n) is 7.98. The van der Waals surface area contributed by atoms with Gasteiger partial charge in [-0.05, 0) is 32.0 Å². The number of aryl methyl sites for hydroxylation is 1. The van der Waals surface area contributed by atoms with Crippen LogP contribution in [0.4, 0.5) is 10.6 Å². The van der Waals surface area contributed by atoms with Crippen LogP contribution in [0.1, 0.15) is 25.1 Å². The SMILES string of the molecule is CN1CCN(c2ccc3nnc(CCC(=O)NC4CCN(C(=O)O)CC4)n3n2)CC1. The molecule has 0 aromatic carbocycles. The van der Waals surface area contributed by atoms with Crippen LogP contribution in [-0.4, -0.2) is 99.1 Å². The minimum Gasteiger partial charge on any atom is -0.465 e. The number of piperazine rings is 1. The molecule has 0 atom stereocenters. The van der Waals surface area contributed by atoms with Crippen LogP contribution >= 0.6 is 0 Å². The summed E-state index contributed by atoms with van der Waals surface area (Å²) in [5.74, 6) is 1.50. The molecule has 0 radical (unpaired) electrons. The molecule has 2 aromatic heterocycles. The fourth-order valence-electron chi connectivity index (χ4n) is 3.92. The number of carbonyl (C=O) groups excluding carboxylic acids is 1. The Morgan fingerprint density at radius 3 is 2.53 bits per heavy atom. The predicted octanol–water partition coefficient (Wildman–Crippen LogP) is 0.0673. The molecule has 0 spiro atoms. The lowest BCUT2D eigenvalue weighted by Gasteiger charge is -2.33. The molecule has 11 heteroatoms. The lowest BCUT2D eigenvalue weighted by atomic mass is 10.1. The van der Waals surface area contributed by atoms with Crippen LogP contribution in [0.25, 0.3) is 5.65 Å². The van der Waals surface area contributed by atoms with Gasteiger partial charge in [0.05, 0.1) is 0 Å². The Morgan fingerprint density at radius 2 is 1.83 bits per heavy atom. The minimum atomic E-state index is -0.901. The largest absolute Gasteiger partial charge is 0.465 e. The molecule has 2 N–H and O–H groups in total. The van der Waals surface area contributed by atoms with E-state index in [0.29, 0.717) is 50.2 Å². The number of nitrogens with zero attached hydrogens (tertiary/aromatic N) is 7. The molecule has 0 saturated carbocycles. The molecule has 0 unspecified atom stereocenters. The van der Waals surface area contributed by atoms with Crippen molar-refractivity contribution < 1.29 is 14.7 Å². The predicted molar refractivity (Wildman–Crippen MR) is 110 cm³/mol. The number of piperidine rings is 1. The topological polar surface area (TPSA) is 119 Å². The lowest BCUT2D eigenvalue weighted by Crippen LogP contribution is -2.46. The van der Waals surface area contributed by atoms with Gasteiger partial charge in [0.1, 0.15) is 5.82 Å². The summed E-state index contributed by atoms with van der Waals surface area (Å²) in [6.07, 6.45) is 1.12. The third-order valence-electron chi connectivity index (χ3n) is 5.85. The van der Waals surface area contributed by atoms with E-state index in [9.17, 15) is 9.59 Å². The first-order chi connectivity index (χ1) is 14.5. The van der Waals surface area contributed by atoms with E-state index in [4.69, 9.17) is 10.2 Å². The normalized spacial score (nSPS) is 18.7. The van der Waals surface area contributed by atoms with Crippen LogP contribution in [0, 0.1) is 0 Å². The Morgan fingerprint density at radius 1 is 1.10 bits per heavy atom. The van der Waals surface area contributed by atoms with Crippen LogP contribution < -0.4 is 10.2 Å². The number of anilines is 1. The number of amides is 2. The lowest BCUT2D eigenvalue weighted by molar-refractivity contribution is -0.122. The molecule has 4 rings (SSSR count). The van der Waals surface area contributed by atoms with Gasteiger partial charge < -0.3 is 25.1 Å². The second-order valence-corrected chi connectivity index (χ2v) is 7.98. The molecule has 11 nitrogen and oxygen atoms in total. The Kier molecular flexibility index (Phi) is 5.98. The fourth-order valence-corrected chi connectivity index (χ4v) is 3.92. The summed E-state index contributed by atoms with van der Waals surface area (Å²) in [4.78, 5) is 29.3. The molecule has 2 fully saturated rings. The summed E-state index contributed by atoms with van der Waals surface area (Å²) in [5, 5.41) is 25.1. The molecule has 162 valence electrons. The quantitative estimate of drug-likeness (QED) is 0.703. The molecule has 4 heterocycles. The minimum absolute atomic E-state index is 0.0187. The zero-order valence-corrected chi connectivity index (χ0v) is 17.2. The average Bonchev–Trinajstić information content (AvgIpc) is 3.15. The number of rotatable bonds is 5. The standard InChI is InChI=1S/C19H28N8O3/c1-24-10-12-25(13-11-24)17-3-2-15-21-22-16(27(15)23-17)4-5-18(28)20-14-6-8-26(9-7-14)19(29)30/h2-3,14H,4-13H2,1H3,(H,20,28)(H,29,30). The fraction of sp³-hybridized carbons (Fsp3) is 0.632. The number of nitrogens with one attached hydrogen (secondary N) is 1. The van der Waals surface area contributed by atoms with Crippen molar-refractivity contribution in [2.75, 3.05) is 51.2 Å². The Bertz CT molecular complexity index is 900. The molecule has 2 aliphatic heterocycles. The Labute approximate surface area is 174 Å². The first kappa shape index (κ1) is 20.3. The maximum absolute atomic E-state index is 12.4. The van der Waals surface area contributed by atoms with Gasteiger partial charge in [0.25, 0.3) is 0 Å². The molecular formula is C19H28N8O3. The summed E-state index contributed by atoms with van der Waals surface area (Å²) < 4.78 is 1.73. The first-order valence-electron chi connectivity index (χ1n) is 10.4. The highest BCUT2D eigenvalue weighted by atomic mass is 16.4. The number of aromatic nitrogens is 4. The van der Waals surface area contributed by atoms with Crippen molar-refractivity contribution in [3.8, 4) is 0 Å². The highest BCUT2D eigenvalue weighted by Crippen LogP contribution is 2.15. The van der Waals surface area contributed by atoms with Crippen LogP contribution in [0.3, 0.4) is 0 Å². The van der Waals surface area contributed by atoms with Gasteiger partial charge in [0, 0.05) is 58.2 Å². The number of likely N-dealkylation sites (N-methyl/N-ethyl adjacent to an activating group) is 1. The zero-order chi connectivity index (χ0) is 21.1. The van der Waals surface area contributed by atoms with Crippen molar-refractivity contribution >= 4 is 23.5 Å². The second kappa shape index (κ2) is 8.82. The van der Waals surface area contributed by atoms with Gasteiger partial charge in [0.2, 0.25) is 5.91 Å². The summed E-state index contributed by atoms with van der Waals surface area (Å²) >= 11 is 0. The number of fused-ring (bicyclic) bond motifs is 1. The van der Waals surface area contributed by atoms with Crippen molar-refractivity contribution in [2.45, 2.75) is 31.7 Å². The maximum Gasteiger partial charge on any atom is 0.407 e. The summed E-state index contributed by atoms with van der Waals surface area (Å²) in [6, 6.07) is 3.90. The highest BCUT2D eigenvalue weighted by Gasteiger charge is 2.23. The van der Waals surface area contributed by atoms with Gasteiger partial charge in [-0.25, -0.2) is 4.79 Å². The van der Waals surface area contributed by atoms with Crippen molar-refractivity contribution in [2.24, 2.45) is 0 Å². The maximum atomic E-state index is 12.4. The van der Waals surface area contributed by atoms with Crippen molar-refractivity contribution in [1.29, 1.82) is 0 Å². The number of carboxylic acid groups (broad SMARTS) is 1. The van der Waals surface area contributed by atoms with E-state index in [-0.39, 0.29) is 11.9 Å². The summed E-state index contributed by atoms with van der Waals surface area (Å²) in [6.45, 7) is 4.76. The third-order valence-corrected chi connectivity index (χ3v) is 5.85. The van der Waals surface area contributed by atoms with E-state index in [1.807, 2.05) is 12.1 Å². The van der Waals surface area contributed by atoms with Crippen LogP contribution in [0.15, 0.2) is 12.1 Å². The van der Waals surface area contributed by atoms with E-state index < -0.39 is 6.09 Å². The molecule has 2 aromatic rings. The Balaban J connectivity index is 1.33. The van der Waals surface area contributed by atoms with Crippen LogP contribution in [0.2, 0.25) is 0 Å². The third kappa shape index (κ3) is 4.61. The number of carbonyl (C=O) groups is 2. The summed E-state index contributed by atoms with van der Waals surface area (Å²) in [5.41, 5.74) is 0.671. The molecule has 2 amide bonds. The van der Waals surface area contributed by atoms with Gasteiger partial charge in [-0.1, -0.05) is 0 Å². The number of likely N-dealkylation sites (tertiary alicyclic amines) is 1. The van der Waals surface area contributed by atoms with Gasteiger partial charge in [-0.15, -0.1) is 15.3 Å². The zero-order valence-electron chi connectivity index (χ0n) is 17.2. The first-order valence-corrected chi connectivity index (χ1v) is 10.4. The number of hydrogen-bond acceptors (Lipinski definition) is 7. The molecular weight excluding hydrogens is 388 g/mol. The van der Waals surface area contributed by atoms with E-state index >= 15 is 0 Å². The monoisotopic (exact) mass is 416 g/mol. The molecule has 0 aliphatic carbocycles. The van der Waals surface area contributed by atoms with Gasteiger partial charge in [0.15, 0.2) is 11.5 Å². The van der Waals surface area contributed by atoms with Gasteiger partial charge >= 0.3 is 6.09 Å². The van der Waals surface area contributed by atoms with Gasteiger partial charge in [-0.2, -0.15) is 4.52 Å². The molecule has 0 bridgehead atoms. The van der Waals surface area contributed by atoms with Crippen molar-refractivity contribution in [1.82, 2.24) is 34.9 Å². The van der Waals surface area contributed by atoms with Crippen LogP contribution in [0.5, 0.6) is 0 Å². The van der Waals surface area contributed by atoms with E-state index in [1.54, 1.807) is 4.52 Å². The Hall–Kier alpha value is -2.95. The van der Waals surface area contributed by atoms with E-state index in [0.717, 1.165) is 32.0 Å². The van der Waals surface area contributed by atoms with Gasteiger partial charge in [-0.3, -0.25) is 4.79 Å². The highest BCUT2D eigenvalue weighted by molar-refractivity contribution is 5.76. The molecule has 30 heavy (non-hydrogen) atoms. The van der Waals surface area contributed by atoms with Crippen molar-refractivity contribution in [3.05, 3.63) is 18.0 Å². The average molecular weight is 416 g/mol. The summed E-state index contributed by atoms with van der Waals surface area (Å²) in [7, 11) is 2.12. The smallest absolute Gasteiger partial charge is 0.407 e. The number of hydrogen-bond donors (Lipinski definition) is 2. The van der Waals surface area contributed by atoms with E-state index in [1.165, 1.54) is 4.90 Å². The van der Waals surface area contributed by atoms with E-state index in [2.05, 4.69) is 32.4 Å².